The predicted octanol–water partition coefficient (Wildman–Crippen LogP) is 2.09. The van der Waals surface area contributed by atoms with Crippen molar-refractivity contribution in [3.63, 3.8) is 0 Å². The largest absolute Gasteiger partial charge is 0.393 e. The number of aromatic nitrogens is 1. The van der Waals surface area contributed by atoms with Gasteiger partial charge in [0.25, 0.3) is 0 Å². The van der Waals surface area contributed by atoms with E-state index in [0.717, 1.165) is 36.3 Å². The number of carbonyl (C=O) groups is 1. The summed E-state index contributed by atoms with van der Waals surface area (Å²) in [6.07, 6.45) is 3.33. The molecule has 1 heterocycles. The molecule has 0 bridgehead atoms. The molecule has 1 aliphatic rings. The first-order valence-electron chi connectivity index (χ1n) is 7.75. The molecule has 1 fully saturated rings. The summed E-state index contributed by atoms with van der Waals surface area (Å²) in [7, 11) is 1.83. The van der Waals surface area contributed by atoms with Crippen LogP contribution in [0.2, 0.25) is 0 Å². The Morgan fingerprint density at radius 3 is 2.71 bits per heavy atom. The van der Waals surface area contributed by atoms with Gasteiger partial charge in [-0.1, -0.05) is 18.5 Å². The summed E-state index contributed by atoms with van der Waals surface area (Å²) in [6.45, 7) is 6.37. The van der Waals surface area contributed by atoms with E-state index in [9.17, 15) is 9.90 Å². The van der Waals surface area contributed by atoms with E-state index >= 15 is 0 Å². The van der Waals surface area contributed by atoms with Gasteiger partial charge in [-0.3, -0.25) is 4.79 Å². The van der Waals surface area contributed by atoms with E-state index < -0.39 is 0 Å². The number of carbonyl (C=O) groups excluding carboxylic acids is 1. The highest BCUT2D eigenvalue weighted by Gasteiger charge is 2.29. The van der Waals surface area contributed by atoms with Gasteiger partial charge < -0.3 is 14.5 Å². The highest BCUT2D eigenvalue weighted by molar-refractivity contribution is 5.78. The van der Waals surface area contributed by atoms with Crippen LogP contribution in [0.15, 0.2) is 4.52 Å². The lowest BCUT2D eigenvalue weighted by Crippen LogP contribution is -2.38. The highest BCUT2D eigenvalue weighted by atomic mass is 16.5. The lowest BCUT2D eigenvalue weighted by atomic mass is 9.98. The molecule has 1 N–H and O–H groups in total. The number of hydrogen-bond donors (Lipinski definition) is 1. The average molecular weight is 294 g/mol. The Morgan fingerprint density at radius 1 is 1.48 bits per heavy atom. The molecule has 1 aromatic heterocycles. The van der Waals surface area contributed by atoms with Crippen molar-refractivity contribution in [1.29, 1.82) is 0 Å². The second-order valence-corrected chi connectivity index (χ2v) is 6.38. The zero-order chi connectivity index (χ0) is 15.6. The highest BCUT2D eigenvalue weighted by Crippen LogP contribution is 2.26. The van der Waals surface area contributed by atoms with Gasteiger partial charge in [0.1, 0.15) is 5.76 Å². The number of aliphatic hydroxyl groups excluding tert-OH is 1. The topological polar surface area (TPSA) is 66.6 Å². The van der Waals surface area contributed by atoms with Gasteiger partial charge in [-0.15, -0.1) is 0 Å². The molecule has 3 atom stereocenters. The minimum absolute atomic E-state index is 0.106. The molecule has 5 nitrogen and oxygen atoms in total. The van der Waals surface area contributed by atoms with Crippen molar-refractivity contribution in [2.75, 3.05) is 13.6 Å². The molecule has 0 radical (unpaired) electrons. The van der Waals surface area contributed by atoms with Crippen LogP contribution >= 0.6 is 0 Å². The molecular formula is C16H26N2O3. The summed E-state index contributed by atoms with van der Waals surface area (Å²) in [4.78, 5) is 14.2. The summed E-state index contributed by atoms with van der Waals surface area (Å²) < 4.78 is 5.15. The van der Waals surface area contributed by atoms with Crippen molar-refractivity contribution in [3.8, 4) is 0 Å². The quantitative estimate of drug-likeness (QED) is 0.903. The van der Waals surface area contributed by atoms with Crippen LogP contribution in [0.25, 0.3) is 0 Å². The first-order chi connectivity index (χ1) is 9.90. The van der Waals surface area contributed by atoms with E-state index in [4.69, 9.17) is 4.52 Å². The van der Waals surface area contributed by atoms with Crippen molar-refractivity contribution in [3.05, 3.63) is 17.0 Å². The van der Waals surface area contributed by atoms with Gasteiger partial charge in [0, 0.05) is 31.0 Å². The summed E-state index contributed by atoms with van der Waals surface area (Å²) in [5.41, 5.74) is 1.89. The van der Waals surface area contributed by atoms with E-state index in [1.165, 1.54) is 0 Å². The molecule has 1 saturated carbocycles. The minimum Gasteiger partial charge on any atom is -0.393 e. The smallest absolute Gasteiger partial charge is 0.225 e. The molecule has 1 aliphatic carbocycles. The van der Waals surface area contributed by atoms with Crippen LogP contribution in [-0.4, -0.2) is 40.8 Å². The Balaban J connectivity index is 1.92. The number of rotatable bonds is 5. The van der Waals surface area contributed by atoms with Crippen molar-refractivity contribution >= 4 is 5.91 Å². The average Bonchev–Trinajstić information content (AvgIpc) is 2.98. The maximum atomic E-state index is 12.5. The molecule has 0 spiro atoms. The Morgan fingerprint density at radius 2 is 2.19 bits per heavy atom. The zero-order valence-electron chi connectivity index (χ0n) is 13.4. The second kappa shape index (κ2) is 6.60. The lowest BCUT2D eigenvalue weighted by molar-refractivity contribution is -0.134. The standard InChI is InChI=1S/C16H26N2O3/c1-10(8-14-11(2)17-21-12(14)3)16(20)18(4)9-13-6-5-7-15(13)19/h10,13,15,19H,5-9H2,1-4H3. The fourth-order valence-electron chi connectivity index (χ4n) is 3.23. The number of amides is 1. The van der Waals surface area contributed by atoms with E-state index in [1.54, 1.807) is 4.90 Å². The second-order valence-electron chi connectivity index (χ2n) is 6.38. The van der Waals surface area contributed by atoms with Crippen LogP contribution < -0.4 is 0 Å². The first-order valence-corrected chi connectivity index (χ1v) is 7.75. The molecule has 0 aliphatic heterocycles. The summed E-state index contributed by atoms with van der Waals surface area (Å²) in [5.74, 6) is 1.03. The van der Waals surface area contributed by atoms with Crippen molar-refractivity contribution in [2.24, 2.45) is 11.8 Å². The molecule has 3 unspecified atom stereocenters. The minimum atomic E-state index is -0.252. The number of hydrogen-bond acceptors (Lipinski definition) is 4. The Labute approximate surface area is 126 Å². The summed E-state index contributed by atoms with van der Waals surface area (Å²) in [6, 6.07) is 0. The summed E-state index contributed by atoms with van der Waals surface area (Å²) >= 11 is 0. The normalized spacial score (nSPS) is 23.3. The lowest BCUT2D eigenvalue weighted by Gasteiger charge is -2.26. The van der Waals surface area contributed by atoms with Crippen molar-refractivity contribution < 1.29 is 14.4 Å². The molecule has 2 rings (SSSR count). The number of aryl methyl sites for hydroxylation is 2. The first kappa shape index (κ1) is 16.0. The fourth-order valence-corrected chi connectivity index (χ4v) is 3.23. The van der Waals surface area contributed by atoms with E-state index in [-0.39, 0.29) is 23.8 Å². The monoisotopic (exact) mass is 294 g/mol. The van der Waals surface area contributed by atoms with E-state index in [2.05, 4.69) is 5.16 Å². The zero-order valence-corrected chi connectivity index (χ0v) is 13.4. The van der Waals surface area contributed by atoms with Gasteiger partial charge in [-0.05, 0) is 33.1 Å². The maximum absolute atomic E-state index is 12.5. The van der Waals surface area contributed by atoms with Gasteiger partial charge in [0.2, 0.25) is 5.91 Å². The molecule has 118 valence electrons. The number of aliphatic hydroxyl groups is 1. The van der Waals surface area contributed by atoms with Crippen LogP contribution in [0.5, 0.6) is 0 Å². The maximum Gasteiger partial charge on any atom is 0.225 e. The van der Waals surface area contributed by atoms with E-state index in [1.807, 2.05) is 27.8 Å². The SMILES string of the molecule is Cc1noc(C)c1CC(C)C(=O)N(C)CC1CCCC1O. The van der Waals surface area contributed by atoms with Crippen LogP contribution in [0.3, 0.4) is 0 Å². The molecule has 1 amide bonds. The van der Waals surface area contributed by atoms with Gasteiger partial charge >= 0.3 is 0 Å². The molecule has 5 heteroatoms. The Bertz CT molecular complexity index is 478. The van der Waals surface area contributed by atoms with Crippen molar-refractivity contribution in [2.45, 2.75) is 52.6 Å². The molecule has 0 saturated heterocycles. The van der Waals surface area contributed by atoms with Gasteiger partial charge in [0.05, 0.1) is 11.8 Å². The van der Waals surface area contributed by atoms with Gasteiger partial charge in [-0.2, -0.15) is 0 Å². The Hall–Kier alpha value is -1.36. The van der Waals surface area contributed by atoms with Crippen LogP contribution in [0.1, 0.15) is 43.2 Å². The predicted molar refractivity (Wildman–Crippen MR) is 79.8 cm³/mol. The van der Waals surface area contributed by atoms with Crippen LogP contribution in [-0.2, 0) is 11.2 Å². The van der Waals surface area contributed by atoms with Crippen LogP contribution in [0.4, 0.5) is 0 Å². The summed E-state index contributed by atoms with van der Waals surface area (Å²) in [5, 5.41) is 13.8. The fraction of sp³-hybridized carbons (Fsp3) is 0.750. The third-order valence-corrected chi connectivity index (χ3v) is 4.62. The van der Waals surface area contributed by atoms with Gasteiger partial charge in [0.15, 0.2) is 0 Å². The van der Waals surface area contributed by atoms with Gasteiger partial charge in [-0.25, -0.2) is 0 Å². The van der Waals surface area contributed by atoms with Crippen molar-refractivity contribution in [1.82, 2.24) is 10.1 Å². The third-order valence-electron chi connectivity index (χ3n) is 4.62. The third kappa shape index (κ3) is 3.64. The Kier molecular flexibility index (Phi) is 5.04. The van der Waals surface area contributed by atoms with Crippen LogP contribution in [0, 0.1) is 25.7 Å². The molecule has 0 aromatic carbocycles. The molecular weight excluding hydrogens is 268 g/mol. The number of nitrogens with zero attached hydrogens (tertiary/aromatic N) is 2. The molecule has 1 aromatic rings. The van der Waals surface area contributed by atoms with E-state index in [0.29, 0.717) is 13.0 Å². The molecule has 21 heavy (non-hydrogen) atoms.